The Morgan fingerprint density at radius 3 is 2.46 bits per heavy atom. The van der Waals surface area contributed by atoms with E-state index in [4.69, 9.17) is 0 Å². The predicted molar refractivity (Wildman–Crippen MR) is 107 cm³/mol. The van der Waals surface area contributed by atoms with Gasteiger partial charge in [0.1, 0.15) is 11.8 Å². The minimum atomic E-state index is -0.427. The van der Waals surface area contributed by atoms with Gasteiger partial charge in [-0.05, 0) is 17.4 Å². The van der Waals surface area contributed by atoms with E-state index < -0.39 is 6.04 Å². The number of benzene rings is 3. The normalized spacial score (nSPS) is 22.1. The number of carbonyl (C=O) groups excluding carboxylic acids is 2. The van der Waals surface area contributed by atoms with Crippen molar-refractivity contribution in [3.63, 3.8) is 0 Å². The molecular weight excluding hydrogens is 352 g/mol. The summed E-state index contributed by atoms with van der Waals surface area (Å²) in [5.74, 6) is -0.430. The van der Waals surface area contributed by atoms with E-state index in [0.717, 1.165) is 21.9 Å². The Kier molecular flexibility index (Phi) is 4.00. The number of nitrogens with zero attached hydrogens (tertiary/aromatic N) is 1. The minimum Gasteiger partial charge on any atom is -0.287 e. The molecule has 138 valence electrons. The van der Waals surface area contributed by atoms with Crippen molar-refractivity contribution in [2.45, 2.75) is 18.5 Å². The van der Waals surface area contributed by atoms with Crippen LogP contribution in [0.2, 0.25) is 0 Å². The summed E-state index contributed by atoms with van der Waals surface area (Å²) < 4.78 is 0. The van der Waals surface area contributed by atoms with Gasteiger partial charge in [-0.25, -0.2) is 16.3 Å². The van der Waals surface area contributed by atoms with Gasteiger partial charge in [0.15, 0.2) is 0 Å². The zero-order chi connectivity index (χ0) is 19.1. The molecule has 0 radical (unpaired) electrons. The van der Waals surface area contributed by atoms with Crippen molar-refractivity contribution in [1.82, 2.24) is 16.3 Å². The Morgan fingerprint density at radius 1 is 0.929 bits per heavy atom. The van der Waals surface area contributed by atoms with Crippen molar-refractivity contribution < 1.29 is 9.59 Å². The number of hydrazone groups is 1. The van der Waals surface area contributed by atoms with Crippen LogP contribution in [0.1, 0.15) is 33.9 Å². The van der Waals surface area contributed by atoms with Crippen LogP contribution in [0.15, 0.2) is 71.8 Å². The summed E-state index contributed by atoms with van der Waals surface area (Å²) in [5, 5.41) is 6.08. The van der Waals surface area contributed by atoms with E-state index in [1.165, 1.54) is 0 Å². The van der Waals surface area contributed by atoms with E-state index in [2.05, 4.69) is 21.4 Å². The third-order valence-electron chi connectivity index (χ3n) is 5.32. The van der Waals surface area contributed by atoms with Crippen LogP contribution in [-0.2, 0) is 4.79 Å². The van der Waals surface area contributed by atoms with E-state index in [1.807, 2.05) is 60.7 Å². The molecule has 28 heavy (non-hydrogen) atoms. The average molecular weight is 370 g/mol. The predicted octanol–water partition coefficient (Wildman–Crippen LogP) is 2.46. The second-order valence-electron chi connectivity index (χ2n) is 7.02. The van der Waals surface area contributed by atoms with Gasteiger partial charge in [0.2, 0.25) is 5.78 Å². The van der Waals surface area contributed by atoms with Crippen molar-refractivity contribution in [2.24, 2.45) is 5.10 Å². The van der Waals surface area contributed by atoms with Crippen molar-refractivity contribution >= 4 is 28.2 Å². The third-order valence-corrected chi connectivity index (χ3v) is 5.32. The molecule has 3 aromatic rings. The number of nitrogens with one attached hydrogen (secondary N) is 3. The van der Waals surface area contributed by atoms with Crippen molar-refractivity contribution in [1.29, 1.82) is 0 Å². The van der Waals surface area contributed by atoms with Crippen LogP contribution >= 0.6 is 0 Å². The van der Waals surface area contributed by atoms with Crippen LogP contribution in [0.3, 0.4) is 0 Å². The van der Waals surface area contributed by atoms with Crippen LogP contribution in [0, 0.1) is 0 Å². The molecule has 5 rings (SSSR count). The van der Waals surface area contributed by atoms with Gasteiger partial charge in [0, 0.05) is 22.6 Å². The maximum Gasteiger partial charge on any atom is 0.258 e. The third kappa shape index (κ3) is 2.70. The fourth-order valence-electron chi connectivity index (χ4n) is 3.91. The molecule has 6 heteroatoms. The largest absolute Gasteiger partial charge is 0.287 e. The smallest absolute Gasteiger partial charge is 0.258 e. The monoisotopic (exact) mass is 370 g/mol. The van der Waals surface area contributed by atoms with Crippen molar-refractivity contribution in [3.05, 3.63) is 83.4 Å². The van der Waals surface area contributed by atoms with Crippen LogP contribution in [0.25, 0.3) is 10.8 Å². The molecule has 0 spiro atoms. The van der Waals surface area contributed by atoms with Gasteiger partial charge in [0.25, 0.3) is 5.91 Å². The molecule has 3 aromatic carbocycles. The van der Waals surface area contributed by atoms with Gasteiger partial charge in [-0.2, -0.15) is 5.10 Å². The molecule has 0 aromatic heterocycles. The lowest BCUT2D eigenvalue weighted by molar-refractivity contribution is -0.122. The van der Waals surface area contributed by atoms with Gasteiger partial charge in [-0.3, -0.25) is 9.59 Å². The molecule has 3 N–H and O–H groups in total. The molecule has 1 amide bonds. The van der Waals surface area contributed by atoms with Gasteiger partial charge >= 0.3 is 0 Å². The summed E-state index contributed by atoms with van der Waals surface area (Å²) in [5.41, 5.74) is 11.5. The summed E-state index contributed by atoms with van der Waals surface area (Å²) in [7, 11) is 0. The number of hydrogen-bond donors (Lipinski definition) is 3. The Balaban J connectivity index is 1.34. The maximum absolute atomic E-state index is 12.7. The zero-order valence-corrected chi connectivity index (χ0v) is 15.0. The fourth-order valence-corrected chi connectivity index (χ4v) is 3.91. The SMILES string of the molecule is O=C1/C(=N/NC(=O)C2CC(c3ccccc3)NN2)c2cccc3cccc1c23. The zero-order valence-electron chi connectivity index (χ0n) is 15.0. The highest BCUT2D eigenvalue weighted by Crippen LogP contribution is 2.30. The standard InChI is InChI=1S/C22H18N4O2/c27-21-16-11-5-9-14-8-4-10-15(19(14)16)20(21)25-26-22(28)18-12-17(23-24-18)13-6-2-1-3-7-13/h1-11,17-18,23-24H,12H2,(H,26,28)/b25-20+. The van der Waals surface area contributed by atoms with E-state index in [-0.39, 0.29) is 23.4 Å². The van der Waals surface area contributed by atoms with E-state index >= 15 is 0 Å². The first-order valence-electron chi connectivity index (χ1n) is 9.23. The average Bonchev–Trinajstić information content (AvgIpc) is 3.33. The number of hydrogen-bond acceptors (Lipinski definition) is 5. The Bertz CT molecular complexity index is 1120. The van der Waals surface area contributed by atoms with Crippen molar-refractivity contribution in [3.8, 4) is 0 Å². The molecule has 1 aliphatic carbocycles. The van der Waals surface area contributed by atoms with Gasteiger partial charge in [-0.15, -0.1) is 0 Å². The lowest BCUT2D eigenvalue weighted by Crippen LogP contribution is -2.42. The molecule has 0 saturated carbocycles. The first-order chi connectivity index (χ1) is 13.7. The van der Waals surface area contributed by atoms with E-state index in [0.29, 0.717) is 12.0 Å². The van der Waals surface area contributed by atoms with E-state index in [9.17, 15) is 9.59 Å². The molecule has 0 bridgehead atoms. The highest BCUT2D eigenvalue weighted by Gasteiger charge is 2.32. The second-order valence-corrected chi connectivity index (χ2v) is 7.02. The van der Waals surface area contributed by atoms with Gasteiger partial charge in [0.05, 0.1) is 0 Å². The van der Waals surface area contributed by atoms with Gasteiger partial charge < -0.3 is 0 Å². The summed E-state index contributed by atoms with van der Waals surface area (Å²) in [6, 6.07) is 20.9. The molecule has 1 heterocycles. The minimum absolute atomic E-state index is 0.0516. The number of carbonyl (C=O) groups is 2. The summed E-state index contributed by atoms with van der Waals surface area (Å²) >= 11 is 0. The van der Waals surface area contributed by atoms with Crippen LogP contribution in [0.5, 0.6) is 0 Å². The Labute approximate surface area is 161 Å². The molecular formula is C22H18N4O2. The highest BCUT2D eigenvalue weighted by molar-refractivity contribution is 6.59. The first kappa shape index (κ1) is 16.8. The second kappa shape index (κ2) is 6.67. The Hall–Kier alpha value is -3.35. The number of rotatable bonds is 3. The highest BCUT2D eigenvalue weighted by atomic mass is 16.2. The first-order valence-corrected chi connectivity index (χ1v) is 9.23. The molecule has 1 aliphatic heterocycles. The molecule has 6 nitrogen and oxygen atoms in total. The molecule has 2 atom stereocenters. The number of Topliss-reactive ketones (excluding diaryl/α,β-unsaturated/α-hetero) is 1. The quantitative estimate of drug-likeness (QED) is 0.619. The lowest BCUT2D eigenvalue weighted by Gasteiger charge is -2.09. The lowest BCUT2D eigenvalue weighted by atomic mass is 10.0. The van der Waals surface area contributed by atoms with Crippen LogP contribution in [0.4, 0.5) is 0 Å². The molecule has 1 fully saturated rings. The number of amides is 1. The summed E-state index contributed by atoms with van der Waals surface area (Å²) in [6.45, 7) is 0. The van der Waals surface area contributed by atoms with E-state index in [1.54, 1.807) is 6.07 Å². The summed E-state index contributed by atoms with van der Waals surface area (Å²) in [6.07, 6.45) is 0.602. The van der Waals surface area contributed by atoms with Crippen molar-refractivity contribution in [2.75, 3.05) is 0 Å². The number of hydrazine groups is 1. The maximum atomic E-state index is 12.7. The fraction of sp³-hybridized carbons (Fsp3) is 0.136. The summed E-state index contributed by atoms with van der Waals surface area (Å²) in [4.78, 5) is 25.3. The molecule has 1 saturated heterocycles. The van der Waals surface area contributed by atoms with Gasteiger partial charge in [-0.1, -0.05) is 66.7 Å². The molecule has 2 unspecified atom stereocenters. The Morgan fingerprint density at radius 2 is 1.68 bits per heavy atom. The van der Waals surface area contributed by atoms with Crippen LogP contribution in [-0.4, -0.2) is 23.4 Å². The molecule has 2 aliphatic rings. The topological polar surface area (TPSA) is 82.6 Å². The van der Waals surface area contributed by atoms with Crippen LogP contribution < -0.4 is 16.3 Å². The number of ketones is 1.